The van der Waals surface area contributed by atoms with Crippen molar-refractivity contribution in [2.45, 2.75) is 6.92 Å². The fraction of sp³-hybridized carbons (Fsp3) is 0.429. The quantitative estimate of drug-likeness (QED) is 0.505. The van der Waals surface area contributed by atoms with Crippen molar-refractivity contribution in [2.75, 3.05) is 13.1 Å². The van der Waals surface area contributed by atoms with Crippen LogP contribution in [0.4, 0.5) is 0 Å². The van der Waals surface area contributed by atoms with E-state index in [1.807, 2.05) is 0 Å². The van der Waals surface area contributed by atoms with Crippen molar-refractivity contribution in [1.82, 2.24) is 10.6 Å². The van der Waals surface area contributed by atoms with Crippen molar-refractivity contribution in [2.24, 2.45) is 0 Å². The first-order valence-corrected chi connectivity index (χ1v) is 3.11. The molecule has 0 aliphatic heterocycles. The first-order valence-electron chi connectivity index (χ1n) is 3.11. The van der Waals surface area contributed by atoms with E-state index in [9.17, 15) is 9.59 Å². The predicted molar refractivity (Wildman–Crippen MR) is 40.5 cm³/mol. The highest BCUT2D eigenvalue weighted by Gasteiger charge is 1.98. The fourth-order valence-corrected chi connectivity index (χ4v) is 0.417. The highest BCUT2D eigenvalue weighted by Crippen LogP contribution is 1.64. The van der Waals surface area contributed by atoms with Gasteiger partial charge in [-0.2, -0.15) is 0 Å². The SMILES string of the molecule is C#CCNC(=O)CNC(C)=O. The zero-order chi connectivity index (χ0) is 8.69. The van der Waals surface area contributed by atoms with E-state index in [1.54, 1.807) is 0 Å². The molecule has 0 aromatic heterocycles. The first-order chi connectivity index (χ1) is 5.16. The lowest BCUT2D eigenvalue weighted by molar-refractivity contribution is -0.124. The number of amides is 2. The summed E-state index contributed by atoms with van der Waals surface area (Å²) in [5.74, 6) is 1.73. The molecule has 2 N–H and O–H groups in total. The molecule has 60 valence electrons. The van der Waals surface area contributed by atoms with Gasteiger partial charge in [0, 0.05) is 6.92 Å². The van der Waals surface area contributed by atoms with Gasteiger partial charge in [0.15, 0.2) is 0 Å². The van der Waals surface area contributed by atoms with Crippen LogP contribution in [0.5, 0.6) is 0 Å². The van der Waals surface area contributed by atoms with E-state index >= 15 is 0 Å². The van der Waals surface area contributed by atoms with Gasteiger partial charge in [-0.15, -0.1) is 6.42 Å². The molecule has 0 aromatic carbocycles. The zero-order valence-corrected chi connectivity index (χ0v) is 6.31. The maximum absolute atomic E-state index is 10.7. The maximum atomic E-state index is 10.7. The van der Waals surface area contributed by atoms with E-state index in [-0.39, 0.29) is 24.9 Å². The third kappa shape index (κ3) is 6.38. The van der Waals surface area contributed by atoms with Crippen LogP contribution in [-0.4, -0.2) is 24.9 Å². The normalized spacial score (nSPS) is 8.00. The Morgan fingerprint density at radius 3 is 2.55 bits per heavy atom. The summed E-state index contributed by atoms with van der Waals surface area (Å²) in [5.41, 5.74) is 0. The van der Waals surface area contributed by atoms with Crippen LogP contribution < -0.4 is 10.6 Å². The second-order valence-corrected chi connectivity index (χ2v) is 1.89. The molecule has 0 unspecified atom stereocenters. The van der Waals surface area contributed by atoms with Gasteiger partial charge in [0.2, 0.25) is 11.8 Å². The average Bonchev–Trinajstić information content (AvgIpc) is 1.97. The molecule has 0 saturated carbocycles. The number of terminal acetylenes is 1. The molecule has 4 heteroatoms. The van der Waals surface area contributed by atoms with Crippen molar-refractivity contribution >= 4 is 11.8 Å². The molecule has 0 spiro atoms. The van der Waals surface area contributed by atoms with Gasteiger partial charge in [0.1, 0.15) is 0 Å². The van der Waals surface area contributed by atoms with E-state index < -0.39 is 0 Å². The van der Waals surface area contributed by atoms with Gasteiger partial charge >= 0.3 is 0 Å². The fourth-order valence-electron chi connectivity index (χ4n) is 0.417. The average molecular weight is 154 g/mol. The van der Waals surface area contributed by atoms with Crippen LogP contribution >= 0.6 is 0 Å². The standard InChI is InChI=1S/C7H10N2O2/c1-3-4-8-7(11)5-9-6(2)10/h1H,4-5H2,2H3,(H,8,11)(H,9,10). The minimum Gasteiger partial charge on any atom is -0.347 e. The monoisotopic (exact) mass is 154 g/mol. The Labute approximate surface area is 65.4 Å². The number of hydrogen-bond donors (Lipinski definition) is 2. The first kappa shape index (κ1) is 9.50. The van der Waals surface area contributed by atoms with Crippen LogP contribution in [0.15, 0.2) is 0 Å². The van der Waals surface area contributed by atoms with E-state index in [0.717, 1.165) is 0 Å². The Hall–Kier alpha value is -1.50. The zero-order valence-electron chi connectivity index (χ0n) is 6.31. The van der Waals surface area contributed by atoms with Crippen LogP contribution in [0.3, 0.4) is 0 Å². The summed E-state index contributed by atoms with van der Waals surface area (Å²) < 4.78 is 0. The van der Waals surface area contributed by atoms with Crippen LogP contribution in [-0.2, 0) is 9.59 Å². The molecule has 0 atom stereocenters. The molecule has 0 heterocycles. The van der Waals surface area contributed by atoms with Crippen molar-refractivity contribution < 1.29 is 9.59 Å². The van der Waals surface area contributed by atoms with Crippen molar-refractivity contribution in [3.8, 4) is 12.3 Å². The minimum absolute atomic E-state index is 0.0169. The van der Waals surface area contributed by atoms with E-state index in [2.05, 4.69) is 16.6 Å². The van der Waals surface area contributed by atoms with E-state index in [0.29, 0.717) is 0 Å². The van der Waals surface area contributed by atoms with Gasteiger partial charge in [0.25, 0.3) is 0 Å². The summed E-state index contributed by atoms with van der Waals surface area (Å²) in [6.07, 6.45) is 4.88. The Kier molecular flexibility index (Phi) is 4.58. The molecular weight excluding hydrogens is 144 g/mol. The minimum atomic E-state index is -0.279. The molecule has 0 rings (SSSR count). The summed E-state index contributed by atoms with van der Waals surface area (Å²) >= 11 is 0. The summed E-state index contributed by atoms with van der Waals surface area (Å²) in [7, 11) is 0. The van der Waals surface area contributed by atoms with Crippen molar-refractivity contribution in [3.05, 3.63) is 0 Å². The van der Waals surface area contributed by atoms with Crippen molar-refractivity contribution in [3.63, 3.8) is 0 Å². The molecule has 0 aliphatic carbocycles. The lowest BCUT2D eigenvalue weighted by atomic mass is 10.5. The molecule has 0 radical (unpaired) electrons. The molecule has 0 aliphatic rings. The molecule has 0 bridgehead atoms. The Morgan fingerprint density at radius 1 is 1.45 bits per heavy atom. The van der Waals surface area contributed by atoms with Gasteiger partial charge in [-0.1, -0.05) is 5.92 Å². The lowest BCUT2D eigenvalue weighted by Crippen LogP contribution is -2.35. The second-order valence-electron chi connectivity index (χ2n) is 1.89. The highest BCUT2D eigenvalue weighted by atomic mass is 16.2. The molecular formula is C7H10N2O2. The Morgan fingerprint density at radius 2 is 2.09 bits per heavy atom. The topological polar surface area (TPSA) is 58.2 Å². The highest BCUT2D eigenvalue weighted by molar-refractivity contribution is 5.83. The van der Waals surface area contributed by atoms with Gasteiger partial charge in [-0.25, -0.2) is 0 Å². The second kappa shape index (κ2) is 5.30. The number of carbonyl (C=O) groups excluding carboxylic acids is 2. The number of rotatable bonds is 3. The third-order valence-electron chi connectivity index (χ3n) is 0.886. The largest absolute Gasteiger partial charge is 0.347 e. The summed E-state index contributed by atoms with van der Waals surface area (Å²) in [6.45, 7) is 1.52. The number of carbonyl (C=O) groups is 2. The number of nitrogens with one attached hydrogen (secondary N) is 2. The molecule has 4 nitrogen and oxygen atoms in total. The van der Waals surface area contributed by atoms with Crippen LogP contribution in [0.1, 0.15) is 6.92 Å². The van der Waals surface area contributed by atoms with Crippen molar-refractivity contribution in [1.29, 1.82) is 0 Å². The molecule has 11 heavy (non-hydrogen) atoms. The third-order valence-corrected chi connectivity index (χ3v) is 0.886. The molecule has 0 saturated heterocycles. The summed E-state index contributed by atoms with van der Waals surface area (Å²) in [5, 5.41) is 4.73. The molecule has 0 aromatic rings. The van der Waals surface area contributed by atoms with E-state index in [1.165, 1.54) is 6.92 Å². The number of hydrogen-bond acceptors (Lipinski definition) is 2. The van der Waals surface area contributed by atoms with Gasteiger partial charge in [-0.05, 0) is 0 Å². The van der Waals surface area contributed by atoms with Gasteiger partial charge in [0.05, 0.1) is 13.1 Å². The molecule has 0 fully saturated rings. The molecule has 2 amide bonds. The predicted octanol–water partition coefficient (Wildman–Crippen LogP) is -1.13. The van der Waals surface area contributed by atoms with Gasteiger partial charge in [-0.3, -0.25) is 9.59 Å². The van der Waals surface area contributed by atoms with E-state index in [4.69, 9.17) is 6.42 Å². The Bertz CT molecular complexity index is 193. The maximum Gasteiger partial charge on any atom is 0.240 e. The Balaban J connectivity index is 3.39. The smallest absolute Gasteiger partial charge is 0.240 e. The van der Waals surface area contributed by atoms with Gasteiger partial charge < -0.3 is 10.6 Å². The van der Waals surface area contributed by atoms with Crippen LogP contribution in [0.25, 0.3) is 0 Å². The summed E-state index contributed by atoms with van der Waals surface area (Å²) in [4.78, 5) is 21.0. The lowest BCUT2D eigenvalue weighted by Gasteiger charge is -2.00. The van der Waals surface area contributed by atoms with Crippen LogP contribution in [0.2, 0.25) is 0 Å². The van der Waals surface area contributed by atoms with Crippen LogP contribution in [0, 0.1) is 12.3 Å². The summed E-state index contributed by atoms with van der Waals surface area (Å²) in [6, 6.07) is 0.